The Morgan fingerprint density at radius 2 is 2.03 bits per heavy atom. The molecule has 2 aliphatic rings. The first-order valence-electron chi connectivity index (χ1n) is 10.5. The van der Waals surface area contributed by atoms with Crippen molar-refractivity contribution < 1.29 is 32.2 Å². The maximum Gasteiger partial charge on any atom is 0.513 e. The summed E-state index contributed by atoms with van der Waals surface area (Å²) in [5.41, 5.74) is 4.60. The van der Waals surface area contributed by atoms with Crippen molar-refractivity contribution in [2.24, 2.45) is 10.7 Å². The lowest BCUT2D eigenvalue weighted by molar-refractivity contribution is -0.122. The molecule has 0 aliphatic carbocycles. The minimum absolute atomic E-state index is 0.0605. The molecule has 1 saturated heterocycles. The predicted molar refractivity (Wildman–Crippen MR) is 120 cm³/mol. The number of amides is 1. The van der Waals surface area contributed by atoms with Gasteiger partial charge in [-0.2, -0.15) is 0 Å². The van der Waals surface area contributed by atoms with Gasteiger partial charge in [-0.05, 0) is 24.6 Å². The molecule has 2 aromatic rings. The molecule has 1 aromatic heterocycles. The van der Waals surface area contributed by atoms with E-state index in [-0.39, 0.29) is 23.8 Å². The Balaban J connectivity index is 1.85. The van der Waals surface area contributed by atoms with E-state index in [1.807, 2.05) is 0 Å². The first-order chi connectivity index (χ1) is 16.5. The van der Waals surface area contributed by atoms with Crippen LogP contribution in [0.4, 0.5) is 18.0 Å². The van der Waals surface area contributed by atoms with Crippen molar-refractivity contribution in [1.82, 2.24) is 15.2 Å². The average molecular weight is 510 g/mol. The number of nitrogens with zero attached hydrogens (tertiary/aromatic N) is 3. The second-order valence-electron chi connectivity index (χ2n) is 8.25. The quantitative estimate of drug-likeness (QED) is 0.575. The number of nitrogens with one attached hydrogen (secondary N) is 1. The SMILES string of the molecule is COC(=O)OC1=C(CN2CC(F)(F)CC2C(N)=O)NC(c2nccs2)=N[C@@]1(C)c1ccc(F)cc1. The lowest BCUT2D eigenvalue weighted by Gasteiger charge is -2.36. The number of carbonyl (C=O) groups is 2. The summed E-state index contributed by atoms with van der Waals surface area (Å²) in [6.07, 6.45) is -0.238. The molecule has 0 spiro atoms. The number of aromatic nitrogens is 1. The van der Waals surface area contributed by atoms with Crippen molar-refractivity contribution >= 4 is 29.2 Å². The van der Waals surface area contributed by atoms with E-state index in [1.165, 1.54) is 40.5 Å². The van der Waals surface area contributed by atoms with E-state index in [0.717, 1.165) is 7.11 Å². The maximum absolute atomic E-state index is 14.2. The van der Waals surface area contributed by atoms with Crippen LogP contribution in [-0.4, -0.2) is 59.9 Å². The molecule has 2 atom stereocenters. The molecular weight excluding hydrogens is 487 g/mol. The zero-order valence-electron chi connectivity index (χ0n) is 18.8. The molecule has 0 bridgehead atoms. The highest BCUT2D eigenvalue weighted by Crippen LogP contribution is 2.40. The monoisotopic (exact) mass is 509 g/mol. The first kappa shape index (κ1) is 24.7. The van der Waals surface area contributed by atoms with Crippen LogP contribution in [0.25, 0.3) is 0 Å². The smallest absolute Gasteiger partial charge is 0.437 e. The third-order valence-corrected chi connectivity index (χ3v) is 6.55. The Labute approximate surface area is 202 Å². The van der Waals surface area contributed by atoms with Crippen LogP contribution in [0, 0.1) is 5.82 Å². The Bertz CT molecular complexity index is 1190. The van der Waals surface area contributed by atoms with Crippen molar-refractivity contribution in [1.29, 1.82) is 0 Å². The third kappa shape index (κ3) is 5.00. The molecule has 13 heteroatoms. The van der Waals surface area contributed by atoms with Gasteiger partial charge >= 0.3 is 6.16 Å². The number of thiazole rings is 1. The first-order valence-corrected chi connectivity index (χ1v) is 11.3. The van der Waals surface area contributed by atoms with Gasteiger partial charge in [0, 0.05) is 24.5 Å². The molecule has 186 valence electrons. The number of aliphatic imine (C=N–C) groups is 1. The predicted octanol–water partition coefficient (Wildman–Crippen LogP) is 2.74. The summed E-state index contributed by atoms with van der Waals surface area (Å²) in [5.74, 6) is -4.30. The number of amidine groups is 1. The van der Waals surface area contributed by atoms with Crippen molar-refractivity contribution in [2.75, 3.05) is 20.2 Å². The lowest BCUT2D eigenvalue weighted by Crippen LogP contribution is -2.47. The van der Waals surface area contributed by atoms with Crippen molar-refractivity contribution in [3.8, 4) is 0 Å². The summed E-state index contributed by atoms with van der Waals surface area (Å²) < 4.78 is 52.3. The van der Waals surface area contributed by atoms with Crippen LogP contribution >= 0.6 is 11.3 Å². The molecule has 9 nitrogen and oxygen atoms in total. The maximum atomic E-state index is 14.2. The fourth-order valence-corrected chi connectivity index (χ4v) is 4.72. The Morgan fingerprint density at radius 1 is 1.31 bits per heavy atom. The molecule has 1 unspecified atom stereocenters. The van der Waals surface area contributed by atoms with Gasteiger partial charge in [0.05, 0.1) is 25.4 Å². The van der Waals surface area contributed by atoms with Crippen LogP contribution in [-0.2, 0) is 19.8 Å². The van der Waals surface area contributed by atoms with Gasteiger partial charge in [0.15, 0.2) is 16.6 Å². The number of nitrogens with two attached hydrogens (primary N) is 1. The summed E-state index contributed by atoms with van der Waals surface area (Å²) in [4.78, 5) is 34.3. The van der Waals surface area contributed by atoms with E-state index in [9.17, 15) is 22.8 Å². The van der Waals surface area contributed by atoms with E-state index in [1.54, 1.807) is 18.5 Å². The van der Waals surface area contributed by atoms with Gasteiger partial charge in [0.25, 0.3) is 5.92 Å². The molecule has 4 rings (SSSR count). The Hall–Kier alpha value is -3.45. The van der Waals surface area contributed by atoms with Crippen LogP contribution in [0.1, 0.15) is 23.9 Å². The van der Waals surface area contributed by atoms with Crippen LogP contribution in [0.3, 0.4) is 0 Å². The molecule has 3 N–H and O–H groups in total. The number of primary amides is 1. The van der Waals surface area contributed by atoms with Gasteiger partial charge in [-0.15, -0.1) is 11.3 Å². The summed E-state index contributed by atoms with van der Waals surface area (Å²) in [6, 6.07) is 4.15. The van der Waals surface area contributed by atoms with Gasteiger partial charge in [0.1, 0.15) is 11.4 Å². The number of benzene rings is 1. The largest absolute Gasteiger partial charge is 0.513 e. The normalized spacial score (nSPS) is 24.0. The van der Waals surface area contributed by atoms with Crippen molar-refractivity contribution in [2.45, 2.75) is 30.8 Å². The van der Waals surface area contributed by atoms with Gasteiger partial charge in [0.2, 0.25) is 5.91 Å². The van der Waals surface area contributed by atoms with E-state index in [2.05, 4.69) is 15.0 Å². The minimum Gasteiger partial charge on any atom is -0.437 e. The fraction of sp³-hybridized carbons (Fsp3) is 0.364. The molecule has 1 aromatic carbocycles. The number of halogens is 3. The van der Waals surface area contributed by atoms with Crippen molar-refractivity contribution in [3.63, 3.8) is 0 Å². The number of likely N-dealkylation sites (tertiary alicyclic amines) is 1. The Kier molecular flexibility index (Phi) is 6.56. The summed E-state index contributed by atoms with van der Waals surface area (Å²) in [7, 11) is 1.11. The molecule has 1 fully saturated rings. The number of ether oxygens (including phenoxy) is 2. The lowest BCUT2D eigenvalue weighted by atomic mass is 9.88. The van der Waals surface area contributed by atoms with Crippen molar-refractivity contribution in [3.05, 3.63) is 63.7 Å². The number of hydrogen-bond acceptors (Lipinski definition) is 9. The van der Waals surface area contributed by atoms with E-state index in [4.69, 9.17) is 15.5 Å². The van der Waals surface area contributed by atoms with Gasteiger partial charge < -0.3 is 20.5 Å². The number of carbonyl (C=O) groups excluding carboxylic acids is 2. The molecular formula is C22H22F3N5O4S. The fourth-order valence-electron chi connectivity index (χ4n) is 4.14. The van der Waals surface area contributed by atoms with E-state index < -0.39 is 48.3 Å². The molecule has 3 heterocycles. The molecule has 0 saturated carbocycles. The summed E-state index contributed by atoms with van der Waals surface area (Å²) in [6.45, 7) is 0.641. The molecule has 0 radical (unpaired) electrons. The third-order valence-electron chi connectivity index (χ3n) is 5.77. The van der Waals surface area contributed by atoms with Crippen LogP contribution in [0.2, 0.25) is 0 Å². The molecule has 2 aliphatic heterocycles. The van der Waals surface area contributed by atoms with Gasteiger partial charge in [-0.25, -0.2) is 27.9 Å². The van der Waals surface area contributed by atoms with Gasteiger partial charge in [-0.3, -0.25) is 9.69 Å². The van der Waals surface area contributed by atoms with E-state index in [0.29, 0.717) is 10.6 Å². The van der Waals surface area contributed by atoms with Crippen LogP contribution in [0.15, 0.2) is 52.3 Å². The molecule has 1 amide bonds. The van der Waals surface area contributed by atoms with E-state index >= 15 is 0 Å². The van der Waals surface area contributed by atoms with Crippen LogP contribution < -0.4 is 11.1 Å². The highest BCUT2D eigenvalue weighted by molar-refractivity contribution is 7.11. The topological polar surface area (TPSA) is 119 Å². The number of alkyl halides is 2. The second-order valence-corrected chi connectivity index (χ2v) is 9.14. The highest BCUT2D eigenvalue weighted by Gasteiger charge is 2.49. The number of rotatable bonds is 6. The average Bonchev–Trinajstić information content (AvgIpc) is 3.44. The Morgan fingerprint density at radius 3 is 2.63 bits per heavy atom. The number of methoxy groups -OCH3 is 1. The zero-order chi connectivity index (χ0) is 25.4. The summed E-state index contributed by atoms with van der Waals surface area (Å²) >= 11 is 1.27. The minimum atomic E-state index is -3.13. The van der Waals surface area contributed by atoms with Gasteiger partial charge in [-0.1, -0.05) is 12.1 Å². The summed E-state index contributed by atoms with van der Waals surface area (Å²) in [5, 5.41) is 5.22. The zero-order valence-corrected chi connectivity index (χ0v) is 19.6. The second kappa shape index (κ2) is 9.30. The molecule has 35 heavy (non-hydrogen) atoms. The standard InChI is InChI=1S/C22H22F3N5O4S/c1-21(12-3-5-13(23)6-4-12)16(34-20(32)33-2)14(28-18(29-21)19-27-7-8-35-19)10-30-11-22(24,25)9-15(30)17(26)31/h3-8,15H,9-11H2,1-2H3,(H2,26,31)(H,28,29)/t15?,21-/m0/s1. The number of hydrogen-bond donors (Lipinski definition) is 2. The van der Waals surface area contributed by atoms with Crippen LogP contribution in [0.5, 0.6) is 0 Å². The highest BCUT2D eigenvalue weighted by atomic mass is 32.1.